The van der Waals surface area contributed by atoms with E-state index in [0.717, 1.165) is 25.0 Å². The van der Waals surface area contributed by atoms with Crippen LogP contribution in [0.4, 0.5) is 0 Å². The molecule has 3 nitrogen and oxygen atoms in total. The van der Waals surface area contributed by atoms with Crippen molar-refractivity contribution in [2.24, 2.45) is 5.92 Å². The van der Waals surface area contributed by atoms with E-state index in [9.17, 15) is 5.11 Å². The van der Waals surface area contributed by atoms with E-state index < -0.39 is 0 Å². The van der Waals surface area contributed by atoms with Gasteiger partial charge < -0.3 is 14.8 Å². The molecule has 0 aliphatic heterocycles. The summed E-state index contributed by atoms with van der Waals surface area (Å²) in [5, 5.41) is 12.9. The van der Waals surface area contributed by atoms with Crippen LogP contribution in [0.25, 0.3) is 0 Å². The predicted octanol–water partition coefficient (Wildman–Crippen LogP) is 2.26. The molecule has 0 amide bonds. The number of nitrogens with one attached hydrogen (secondary N) is 1. The maximum absolute atomic E-state index is 9.34. The molecule has 2 N–H and O–H groups in total. The minimum Gasteiger partial charge on any atom is -0.469 e. The third kappa shape index (κ3) is 2.30. The third-order valence-corrected chi connectivity index (χ3v) is 3.47. The average Bonchev–Trinajstić information content (AvgIpc) is 2.73. The molecule has 0 saturated heterocycles. The van der Waals surface area contributed by atoms with Gasteiger partial charge in [-0.05, 0) is 24.8 Å². The summed E-state index contributed by atoms with van der Waals surface area (Å²) >= 11 is 0. The number of hydrogen-bond donors (Lipinski definition) is 2. The Hall–Kier alpha value is -0.800. The van der Waals surface area contributed by atoms with Crippen molar-refractivity contribution in [3.05, 3.63) is 23.7 Å². The van der Waals surface area contributed by atoms with Crippen LogP contribution in [-0.4, -0.2) is 17.8 Å². The Kier molecular flexibility index (Phi) is 3.66. The van der Waals surface area contributed by atoms with E-state index in [-0.39, 0.29) is 12.6 Å². The number of furan rings is 1. The molecule has 3 heteroatoms. The van der Waals surface area contributed by atoms with Gasteiger partial charge in [0.25, 0.3) is 0 Å². The van der Waals surface area contributed by atoms with E-state index in [4.69, 9.17) is 4.42 Å². The first-order chi connectivity index (χ1) is 7.72. The molecule has 0 spiro atoms. The van der Waals surface area contributed by atoms with Crippen LogP contribution in [0.1, 0.15) is 44.1 Å². The lowest BCUT2D eigenvalue weighted by Crippen LogP contribution is -2.40. The van der Waals surface area contributed by atoms with Crippen molar-refractivity contribution in [2.45, 2.75) is 45.2 Å². The Morgan fingerprint density at radius 1 is 1.56 bits per heavy atom. The van der Waals surface area contributed by atoms with Crippen molar-refractivity contribution in [1.82, 2.24) is 5.32 Å². The Balaban J connectivity index is 2.07. The minimum atomic E-state index is 0.172. The molecule has 0 aromatic carbocycles. The van der Waals surface area contributed by atoms with Gasteiger partial charge in [-0.2, -0.15) is 0 Å². The average molecular weight is 223 g/mol. The van der Waals surface area contributed by atoms with Crippen LogP contribution < -0.4 is 5.32 Å². The number of aliphatic hydroxyl groups is 1. The summed E-state index contributed by atoms with van der Waals surface area (Å²) in [4.78, 5) is 0. The molecule has 0 fully saturated rings. The maximum Gasteiger partial charge on any atom is 0.108 e. The molecule has 1 unspecified atom stereocenters. The fourth-order valence-electron chi connectivity index (χ4n) is 2.37. The molecule has 1 heterocycles. The van der Waals surface area contributed by atoms with Crippen LogP contribution in [0.5, 0.6) is 0 Å². The Bertz CT molecular complexity index is 332. The highest BCUT2D eigenvalue weighted by atomic mass is 16.3. The molecule has 90 valence electrons. The fourth-order valence-corrected chi connectivity index (χ4v) is 2.37. The van der Waals surface area contributed by atoms with Gasteiger partial charge in [0.2, 0.25) is 0 Å². The highest BCUT2D eigenvalue weighted by Crippen LogP contribution is 2.31. The van der Waals surface area contributed by atoms with Crippen LogP contribution in [0.2, 0.25) is 0 Å². The van der Waals surface area contributed by atoms with E-state index in [1.807, 2.05) is 0 Å². The van der Waals surface area contributed by atoms with Crippen molar-refractivity contribution in [3.63, 3.8) is 0 Å². The second-order valence-corrected chi connectivity index (χ2v) is 4.94. The summed E-state index contributed by atoms with van der Waals surface area (Å²) in [7, 11) is 0. The highest BCUT2D eigenvalue weighted by molar-refractivity contribution is 5.24. The minimum absolute atomic E-state index is 0.172. The van der Waals surface area contributed by atoms with Gasteiger partial charge in [0, 0.05) is 24.1 Å². The Morgan fingerprint density at radius 3 is 3.06 bits per heavy atom. The van der Waals surface area contributed by atoms with Gasteiger partial charge in [0.05, 0.1) is 12.9 Å². The number of hydrogen-bond acceptors (Lipinski definition) is 3. The zero-order valence-corrected chi connectivity index (χ0v) is 10.1. The normalized spacial score (nSPS) is 22.1. The molecule has 1 aromatic heterocycles. The lowest BCUT2D eigenvalue weighted by Gasteiger charge is -2.29. The largest absolute Gasteiger partial charge is 0.469 e. The Morgan fingerprint density at radius 2 is 2.38 bits per heavy atom. The lowest BCUT2D eigenvalue weighted by molar-refractivity contribution is 0.194. The number of fused-ring (bicyclic) bond motifs is 1. The summed E-state index contributed by atoms with van der Waals surface area (Å²) in [5.74, 6) is 1.56. The molecule has 0 bridgehead atoms. The Labute approximate surface area is 96.8 Å². The summed E-state index contributed by atoms with van der Waals surface area (Å²) in [6, 6.07) is 2.58. The molecular formula is C13H21NO2. The number of aliphatic hydroxyl groups excluding tert-OH is 1. The lowest BCUT2D eigenvalue weighted by atomic mass is 9.91. The first-order valence-electron chi connectivity index (χ1n) is 6.15. The van der Waals surface area contributed by atoms with Gasteiger partial charge in [0.15, 0.2) is 0 Å². The number of rotatable bonds is 4. The van der Waals surface area contributed by atoms with Gasteiger partial charge in [0.1, 0.15) is 5.76 Å². The van der Waals surface area contributed by atoms with Gasteiger partial charge in [-0.1, -0.05) is 13.8 Å². The van der Waals surface area contributed by atoms with Crippen LogP contribution in [0.3, 0.4) is 0 Å². The standard InChI is InChI=1S/C13H21NO2/c1-9(2)12(8-15)14-11-4-3-5-13-10(11)6-7-16-13/h6-7,9,11-12,14-15H,3-5,8H2,1-2H3/t11?,12-/m1/s1. The molecule has 0 saturated carbocycles. The smallest absolute Gasteiger partial charge is 0.108 e. The maximum atomic E-state index is 9.34. The quantitative estimate of drug-likeness (QED) is 0.823. The molecule has 1 aromatic rings. The first-order valence-corrected chi connectivity index (χ1v) is 6.15. The third-order valence-electron chi connectivity index (χ3n) is 3.47. The highest BCUT2D eigenvalue weighted by Gasteiger charge is 2.25. The zero-order valence-electron chi connectivity index (χ0n) is 10.1. The summed E-state index contributed by atoms with van der Waals surface area (Å²) in [5.41, 5.74) is 1.28. The SMILES string of the molecule is CC(C)[C@@H](CO)NC1CCCc2occc21. The van der Waals surface area contributed by atoms with Gasteiger partial charge in [-0.25, -0.2) is 0 Å². The van der Waals surface area contributed by atoms with Gasteiger partial charge >= 0.3 is 0 Å². The van der Waals surface area contributed by atoms with Crippen molar-refractivity contribution >= 4 is 0 Å². The summed E-state index contributed by atoms with van der Waals surface area (Å²) < 4.78 is 5.46. The van der Waals surface area contributed by atoms with E-state index in [0.29, 0.717) is 12.0 Å². The van der Waals surface area contributed by atoms with E-state index >= 15 is 0 Å². The number of aryl methyl sites for hydroxylation is 1. The van der Waals surface area contributed by atoms with E-state index in [1.165, 1.54) is 5.56 Å². The summed E-state index contributed by atoms with van der Waals surface area (Å²) in [6.07, 6.45) is 5.12. The molecule has 16 heavy (non-hydrogen) atoms. The van der Waals surface area contributed by atoms with Crippen molar-refractivity contribution in [2.75, 3.05) is 6.61 Å². The molecular weight excluding hydrogens is 202 g/mol. The summed E-state index contributed by atoms with van der Waals surface area (Å²) in [6.45, 7) is 4.46. The van der Waals surface area contributed by atoms with Crippen molar-refractivity contribution in [3.8, 4) is 0 Å². The topological polar surface area (TPSA) is 45.4 Å². The second kappa shape index (κ2) is 5.02. The molecule has 2 atom stereocenters. The molecule has 0 radical (unpaired) electrons. The second-order valence-electron chi connectivity index (χ2n) is 4.94. The molecule has 2 rings (SSSR count). The molecule has 1 aliphatic rings. The fraction of sp³-hybridized carbons (Fsp3) is 0.692. The van der Waals surface area contributed by atoms with Crippen LogP contribution in [0, 0.1) is 5.92 Å². The van der Waals surface area contributed by atoms with Crippen LogP contribution in [0.15, 0.2) is 16.7 Å². The predicted molar refractivity (Wildman–Crippen MR) is 63.2 cm³/mol. The first kappa shape index (κ1) is 11.7. The van der Waals surface area contributed by atoms with Crippen LogP contribution in [-0.2, 0) is 6.42 Å². The van der Waals surface area contributed by atoms with E-state index in [2.05, 4.69) is 25.2 Å². The van der Waals surface area contributed by atoms with Gasteiger partial charge in [-0.15, -0.1) is 0 Å². The van der Waals surface area contributed by atoms with E-state index in [1.54, 1.807) is 6.26 Å². The van der Waals surface area contributed by atoms with Crippen LogP contribution >= 0.6 is 0 Å². The van der Waals surface area contributed by atoms with Crippen molar-refractivity contribution < 1.29 is 9.52 Å². The zero-order chi connectivity index (χ0) is 11.5. The molecule has 1 aliphatic carbocycles. The van der Waals surface area contributed by atoms with Crippen molar-refractivity contribution in [1.29, 1.82) is 0 Å². The monoisotopic (exact) mass is 223 g/mol. The van der Waals surface area contributed by atoms with Gasteiger partial charge in [-0.3, -0.25) is 0 Å².